The van der Waals surface area contributed by atoms with Crippen molar-refractivity contribution in [2.24, 2.45) is 0 Å². The zero-order valence-corrected chi connectivity index (χ0v) is 14.3. The van der Waals surface area contributed by atoms with Gasteiger partial charge in [0.05, 0.1) is 6.54 Å². The van der Waals surface area contributed by atoms with Crippen LogP contribution in [0.15, 0.2) is 10.6 Å². The quantitative estimate of drug-likeness (QED) is 0.631. The molecule has 1 N–H and O–H groups in total. The Kier molecular flexibility index (Phi) is 8.97. The van der Waals surface area contributed by atoms with Gasteiger partial charge in [-0.3, -0.25) is 9.59 Å². The van der Waals surface area contributed by atoms with Crippen LogP contribution in [-0.4, -0.2) is 48.7 Å². The van der Waals surface area contributed by atoms with Crippen LogP contribution < -0.4 is 5.32 Å². The molecule has 0 saturated carbocycles. The van der Waals surface area contributed by atoms with E-state index in [1.807, 2.05) is 0 Å². The van der Waals surface area contributed by atoms with E-state index < -0.39 is 0 Å². The molecule has 0 aromatic carbocycles. The standard InChI is InChI=1S/C16H27N3O4/c1-4-5-6-8-16(21)19(9-7-10-22-3)12-15(20)17-14-11-13(2)23-18-14/h11H,4-10,12H2,1-3H3,(H,17,18,20). The Bertz CT molecular complexity index is 487. The number of hydrogen-bond acceptors (Lipinski definition) is 5. The summed E-state index contributed by atoms with van der Waals surface area (Å²) in [4.78, 5) is 25.9. The molecule has 1 aromatic rings. The van der Waals surface area contributed by atoms with E-state index in [0.29, 0.717) is 37.6 Å². The van der Waals surface area contributed by atoms with E-state index in [0.717, 1.165) is 19.3 Å². The van der Waals surface area contributed by atoms with E-state index in [2.05, 4.69) is 17.4 Å². The highest BCUT2D eigenvalue weighted by Gasteiger charge is 2.17. The highest BCUT2D eigenvalue weighted by molar-refractivity contribution is 5.93. The van der Waals surface area contributed by atoms with Crippen molar-refractivity contribution >= 4 is 17.6 Å². The minimum absolute atomic E-state index is 0.000960. The van der Waals surface area contributed by atoms with Gasteiger partial charge in [0.15, 0.2) is 5.82 Å². The first-order chi connectivity index (χ1) is 11.1. The Morgan fingerprint density at radius 2 is 2.13 bits per heavy atom. The first kappa shape index (κ1) is 19.2. The molecule has 0 fully saturated rings. The van der Waals surface area contributed by atoms with Crippen LogP contribution in [0.1, 0.15) is 44.8 Å². The summed E-state index contributed by atoms with van der Waals surface area (Å²) in [5.74, 6) is 0.705. The summed E-state index contributed by atoms with van der Waals surface area (Å²) in [6.45, 7) is 4.92. The SMILES string of the molecule is CCCCCC(=O)N(CCCOC)CC(=O)Nc1cc(C)on1. The zero-order chi connectivity index (χ0) is 17.1. The van der Waals surface area contributed by atoms with Crippen LogP contribution in [0.2, 0.25) is 0 Å². The lowest BCUT2D eigenvalue weighted by Gasteiger charge is -2.22. The first-order valence-electron chi connectivity index (χ1n) is 8.06. The average molecular weight is 325 g/mol. The smallest absolute Gasteiger partial charge is 0.245 e. The third-order valence-corrected chi connectivity index (χ3v) is 3.35. The second-order valence-corrected chi connectivity index (χ2v) is 5.49. The molecule has 23 heavy (non-hydrogen) atoms. The lowest BCUT2D eigenvalue weighted by Crippen LogP contribution is -2.39. The van der Waals surface area contributed by atoms with Crippen LogP contribution in [0.25, 0.3) is 0 Å². The largest absolute Gasteiger partial charge is 0.385 e. The van der Waals surface area contributed by atoms with Gasteiger partial charge < -0.3 is 19.5 Å². The summed E-state index contributed by atoms with van der Waals surface area (Å²) < 4.78 is 9.91. The molecular formula is C16H27N3O4. The Morgan fingerprint density at radius 1 is 1.35 bits per heavy atom. The number of hydrogen-bond donors (Lipinski definition) is 1. The normalized spacial score (nSPS) is 10.6. The van der Waals surface area contributed by atoms with Gasteiger partial charge in [-0.1, -0.05) is 24.9 Å². The van der Waals surface area contributed by atoms with Crippen molar-refractivity contribution in [2.45, 2.75) is 46.0 Å². The first-order valence-corrected chi connectivity index (χ1v) is 8.06. The van der Waals surface area contributed by atoms with Gasteiger partial charge in [-0.05, 0) is 19.8 Å². The topological polar surface area (TPSA) is 84.7 Å². The maximum absolute atomic E-state index is 12.3. The Morgan fingerprint density at radius 3 is 2.74 bits per heavy atom. The number of aromatic nitrogens is 1. The van der Waals surface area contributed by atoms with Crippen LogP contribution >= 0.6 is 0 Å². The number of methoxy groups -OCH3 is 1. The van der Waals surface area contributed by atoms with Gasteiger partial charge in [0.2, 0.25) is 11.8 Å². The van der Waals surface area contributed by atoms with Crippen LogP contribution in [0.5, 0.6) is 0 Å². The molecule has 7 heteroatoms. The molecule has 0 aliphatic rings. The third kappa shape index (κ3) is 7.78. The molecule has 0 spiro atoms. The van der Waals surface area contributed by atoms with E-state index in [-0.39, 0.29) is 18.4 Å². The van der Waals surface area contributed by atoms with Crippen LogP contribution in [0.3, 0.4) is 0 Å². The fourth-order valence-corrected chi connectivity index (χ4v) is 2.16. The monoisotopic (exact) mass is 325 g/mol. The molecule has 1 heterocycles. The molecule has 130 valence electrons. The molecule has 0 unspecified atom stereocenters. The summed E-state index contributed by atoms with van der Waals surface area (Å²) in [6.07, 6.45) is 4.09. The van der Waals surface area contributed by atoms with Gasteiger partial charge in [0.1, 0.15) is 5.76 Å². The molecule has 7 nitrogen and oxygen atoms in total. The summed E-state index contributed by atoms with van der Waals surface area (Å²) in [5, 5.41) is 6.35. The van der Waals surface area contributed by atoms with Crippen molar-refractivity contribution in [3.05, 3.63) is 11.8 Å². The van der Waals surface area contributed by atoms with Crippen LogP contribution in [0.4, 0.5) is 5.82 Å². The van der Waals surface area contributed by atoms with Gasteiger partial charge in [0.25, 0.3) is 0 Å². The predicted molar refractivity (Wildman–Crippen MR) is 87.1 cm³/mol. The van der Waals surface area contributed by atoms with E-state index >= 15 is 0 Å². The molecule has 0 saturated heterocycles. The second-order valence-electron chi connectivity index (χ2n) is 5.49. The minimum atomic E-state index is -0.278. The maximum Gasteiger partial charge on any atom is 0.245 e. The van der Waals surface area contributed by atoms with E-state index in [1.165, 1.54) is 0 Å². The predicted octanol–water partition coefficient (Wildman–Crippen LogP) is 2.37. The number of anilines is 1. The van der Waals surface area contributed by atoms with Crippen molar-refractivity contribution in [3.8, 4) is 0 Å². The lowest BCUT2D eigenvalue weighted by atomic mass is 10.2. The van der Waals surface area contributed by atoms with E-state index in [9.17, 15) is 9.59 Å². The number of nitrogens with zero attached hydrogens (tertiary/aromatic N) is 2. The minimum Gasteiger partial charge on any atom is -0.385 e. The van der Waals surface area contributed by atoms with Crippen LogP contribution in [0, 0.1) is 6.92 Å². The van der Waals surface area contributed by atoms with Crippen molar-refractivity contribution in [1.82, 2.24) is 10.1 Å². The molecule has 2 amide bonds. The second kappa shape index (κ2) is 10.8. The molecule has 1 aromatic heterocycles. The lowest BCUT2D eigenvalue weighted by molar-refractivity contribution is -0.135. The van der Waals surface area contributed by atoms with Crippen molar-refractivity contribution in [3.63, 3.8) is 0 Å². The molecule has 0 bridgehead atoms. The number of nitrogens with one attached hydrogen (secondary N) is 1. The number of carbonyl (C=O) groups excluding carboxylic acids is 2. The van der Waals surface area contributed by atoms with Gasteiger partial charge in [-0.15, -0.1) is 0 Å². The summed E-state index contributed by atoms with van der Waals surface area (Å²) >= 11 is 0. The maximum atomic E-state index is 12.3. The Labute approximate surface area is 137 Å². The van der Waals surface area contributed by atoms with Gasteiger partial charge in [0, 0.05) is 32.7 Å². The molecule has 1 rings (SSSR count). The van der Waals surface area contributed by atoms with E-state index in [1.54, 1.807) is 25.0 Å². The van der Waals surface area contributed by atoms with Gasteiger partial charge >= 0.3 is 0 Å². The van der Waals surface area contributed by atoms with E-state index in [4.69, 9.17) is 9.26 Å². The molecule has 0 aliphatic heterocycles. The Balaban J connectivity index is 2.52. The Hall–Kier alpha value is -1.89. The highest BCUT2D eigenvalue weighted by Crippen LogP contribution is 2.08. The number of ether oxygens (including phenoxy) is 1. The molecule has 0 atom stereocenters. The number of aryl methyl sites for hydroxylation is 1. The van der Waals surface area contributed by atoms with Crippen molar-refractivity contribution in [1.29, 1.82) is 0 Å². The van der Waals surface area contributed by atoms with Gasteiger partial charge in [-0.2, -0.15) is 0 Å². The van der Waals surface area contributed by atoms with Gasteiger partial charge in [-0.25, -0.2) is 0 Å². The zero-order valence-electron chi connectivity index (χ0n) is 14.3. The fourth-order valence-electron chi connectivity index (χ4n) is 2.16. The molecule has 0 radical (unpaired) electrons. The number of amides is 2. The number of carbonyl (C=O) groups is 2. The van der Waals surface area contributed by atoms with Crippen LogP contribution in [-0.2, 0) is 14.3 Å². The third-order valence-electron chi connectivity index (χ3n) is 3.35. The van der Waals surface area contributed by atoms with Crippen molar-refractivity contribution in [2.75, 3.05) is 32.1 Å². The average Bonchev–Trinajstić information content (AvgIpc) is 2.91. The fraction of sp³-hybridized carbons (Fsp3) is 0.688. The summed E-state index contributed by atoms with van der Waals surface area (Å²) in [6, 6.07) is 1.64. The van der Waals surface area contributed by atoms with Crippen molar-refractivity contribution < 1.29 is 18.8 Å². The number of rotatable bonds is 11. The summed E-state index contributed by atoms with van der Waals surface area (Å²) in [5.41, 5.74) is 0. The highest BCUT2D eigenvalue weighted by atomic mass is 16.5. The number of unbranched alkanes of at least 4 members (excludes halogenated alkanes) is 2. The summed E-state index contributed by atoms with van der Waals surface area (Å²) in [7, 11) is 1.62. The molecule has 0 aliphatic carbocycles. The molecular weight excluding hydrogens is 298 g/mol.